The minimum absolute atomic E-state index is 0.00713. The van der Waals surface area contributed by atoms with Crippen LogP contribution in [0.25, 0.3) is 11.3 Å². The number of hydrogen-bond donors (Lipinski definition) is 2. The number of nitrogen functional groups attached to an aromatic ring is 1. The molecule has 3 fully saturated rings. The molecule has 0 atom stereocenters. The highest BCUT2D eigenvalue weighted by Crippen LogP contribution is 2.73. The Kier molecular flexibility index (Phi) is 4.86. The van der Waals surface area contributed by atoms with E-state index in [1.165, 1.54) is 0 Å². The van der Waals surface area contributed by atoms with Gasteiger partial charge in [-0.15, -0.1) is 0 Å². The van der Waals surface area contributed by atoms with Gasteiger partial charge in [-0.2, -0.15) is 10.4 Å². The van der Waals surface area contributed by atoms with Crippen molar-refractivity contribution in [2.24, 2.45) is 11.1 Å². The normalized spacial score (nSPS) is 22.6. The zero-order chi connectivity index (χ0) is 24.3. The van der Waals surface area contributed by atoms with Crippen molar-refractivity contribution in [3.05, 3.63) is 52.9 Å². The van der Waals surface area contributed by atoms with Crippen LogP contribution in [-0.2, 0) is 23.1 Å². The van der Waals surface area contributed by atoms with Crippen molar-refractivity contribution in [2.45, 2.75) is 57.4 Å². The van der Waals surface area contributed by atoms with Gasteiger partial charge in [-0.25, -0.2) is 4.68 Å². The molecule has 3 saturated carbocycles. The van der Waals surface area contributed by atoms with Crippen LogP contribution in [-0.4, -0.2) is 26.6 Å². The Bertz CT molecular complexity index is 1320. The summed E-state index contributed by atoms with van der Waals surface area (Å²) >= 11 is 0. The number of ketones is 1. The smallest absolute Gasteiger partial charge is 0.254 e. The van der Waals surface area contributed by atoms with Crippen LogP contribution in [0.3, 0.4) is 0 Å². The first-order chi connectivity index (χ1) is 16.2. The highest BCUT2D eigenvalue weighted by Gasteiger charge is 2.70. The maximum absolute atomic E-state index is 12.6. The lowest BCUT2D eigenvalue weighted by molar-refractivity contribution is -0.118. The molecule has 9 heteroatoms. The predicted molar refractivity (Wildman–Crippen MR) is 123 cm³/mol. The van der Waals surface area contributed by atoms with Gasteiger partial charge >= 0.3 is 0 Å². The number of nitrogens with zero attached hydrogens (tertiary/aromatic N) is 4. The Morgan fingerprint density at radius 2 is 1.88 bits per heavy atom. The average molecular weight is 459 g/mol. The molecular formula is C25H26N6O3. The molecule has 2 bridgehead atoms. The molecule has 0 saturated heterocycles. The summed E-state index contributed by atoms with van der Waals surface area (Å²) in [5.41, 5.74) is 14.5. The Morgan fingerprint density at radius 1 is 1.21 bits per heavy atom. The van der Waals surface area contributed by atoms with Crippen LogP contribution >= 0.6 is 0 Å². The summed E-state index contributed by atoms with van der Waals surface area (Å²) in [7, 11) is 0. The van der Waals surface area contributed by atoms with E-state index in [1.807, 2.05) is 44.2 Å². The maximum atomic E-state index is 12.6. The van der Waals surface area contributed by atoms with Crippen molar-refractivity contribution in [2.75, 3.05) is 5.73 Å². The second kappa shape index (κ2) is 7.55. The molecule has 174 valence electrons. The molecular weight excluding hydrogens is 432 g/mol. The first-order valence-electron chi connectivity index (χ1n) is 11.3. The number of aromatic nitrogens is 3. The van der Waals surface area contributed by atoms with Crippen molar-refractivity contribution in [1.82, 2.24) is 14.9 Å². The van der Waals surface area contributed by atoms with Crippen LogP contribution in [0.1, 0.15) is 66.5 Å². The summed E-state index contributed by atoms with van der Waals surface area (Å²) < 4.78 is 6.99. The van der Waals surface area contributed by atoms with Crippen molar-refractivity contribution >= 4 is 17.5 Å². The number of carbonyl (C=O) groups excluding carboxylic acids is 2. The van der Waals surface area contributed by atoms with Crippen molar-refractivity contribution in [1.29, 1.82) is 5.26 Å². The lowest BCUT2D eigenvalue weighted by Gasteiger charge is -2.66. The molecule has 3 aliphatic rings. The second-order valence-electron chi connectivity index (χ2n) is 9.98. The predicted octanol–water partition coefficient (Wildman–Crippen LogP) is 3.10. The molecule has 2 aromatic heterocycles. The fourth-order valence-electron chi connectivity index (χ4n) is 5.38. The van der Waals surface area contributed by atoms with Crippen LogP contribution in [0.5, 0.6) is 0 Å². The van der Waals surface area contributed by atoms with Crippen LogP contribution < -0.4 is 11.5 Å². The zero-order valence-corrected chi connectivity index (χ0v) is 19.2. The zero-order valence-electron chi connectivity index (χ0n) is 19.2. The standard InChI is InChI=1S/C25H26N6O3/c1-14(2)31-22(27)20(23(28)33)21(29-31)16-5-3-15(4-6-16)7-17(32)8-18-9-19(30-34-18)25-10-24(11-25,12-25)13-26/h3-6,9,14H,7-8,10-12,27H2,1-2H3,(H2,28,33). The van der Waals surface area contributed by atoms with Crippen molar-refractivity contribution in [3.8, 4) is 17.3 Å². The minimum Gasteiger partial charge on any atom is -0.383 e. The van der Waals surface area contributed by atoms with Crippen LogP contribution in [0.15, 0.2) is 34.9 Å². The molecule has 9 nitrogen and oxygen atoms in total. The van der Waals surface area contributed by atoms with E-state index in [1.54, 1.807) is 4.68 Å². The van der Waals surface area contributed by atoms with Gasteiger partial charge < -0.3 is 16.0 Å². The fraction of sp³-hybridized carbons (Fsp3) is 0.400. The maximum Gasteiger partial charge on any atom is 0.254 e. The number of anilines is 1. The van der Waals surface area contributed by atoms with Gasteiger partial charge in [0.05, 0.1) is 23.6 Å². The Morgan fingerprint density at radius 3 is 2.47 bits per heavy atom. The molecule has 1 aromatic carbocycles. The van der Waals surface area contributed by atoms with Crippen LogP contribution in [0.4, 0.5) is 5.82 Å². The molecule has 0 aliphatic heterocycles. The van der Waals surface area contributed by atoms with E-state index in [-0.39, 0.29) is 46.9 Å². The summed E-state index contributed by atoms with van der Waals surface area (Å²) in [6.07, 6.45) is 2.91. The van der Waals surface area contributed by atoms with Crippen molar-refractivity contribution in [3.63, 3.8) is 0 Å². The third-order valence-corrected chi connectivity index (χ3v) is 7.05. The van der Waals surface area contributed by atoms with E-state index in [4.69, 9.17) is 16.0 Å². The monoisotopic (exact) mass is 458 g/mol. The van der Waals surface area contributed by atoms with Crippen LogP contribution in [0.2, 0.25) is 0 Å². The summed E-state index contributed by atoms with van der Waals surface area (Å²) in [4.78, 5) is 24.6. The van der Waals surface area contributed by atoms with Gasteiger partial charge in [0.25, 0.3) is 5.91 Å². The molecule has 1 amide bonds. The molecule has 2 heterocycles. The highest BCUT2D eigenvalue weighted by atomic mass is 16.5. The number of nitrogens with two attached hydrogens (primary N) is 2. The number of Topliss-reactive ketones (excluding diaryl/α,β-unsaturated/α-hetero) is 1. The first kappa shape index (κ1) is 21.9. The molecule has 0 spiro atoms. The number of carbonyl (C=O) groups is 2. The SMILES string of the molecule is CC(C)n1nc(-c2ccc(CC(=O)Cc3cc(C45CC(C#N)(C4)C5)no3)cc2)c(C(N)=O)c1N. The second-order valence-corrected chi connectivity index (χ2v) is 9.98. The lowest BCUT2D eigenvalue weighted by Crippen LogP contribution is -2.63. The van der Waals surface area contributed by atoms with Gasteiger partial charge in [0.1, 0.15) is 28.6 Å². The number of benzene rings is 1. The highest BCUT2D eigenvalue weighted by molar-refractivity contribution is 6.03. The Hall–Kier alpha value is -3.93. The van der Waals surface area contributed by atoms with E-state index >= 15 is 0 Å². The third-order valence-electron chi connectivity index (χ3n) is 7.05. The van der Waals surface area contributed by atoms with E-state index in [0.717, 1.165) is 30.5 Å². The van der Waals surface area contributed by atoms with E-state index in [0.29, 0.717) is 17.0 Å². The molecule has 3 aromatic rings. The lowest BCUT2D eigenvalue weighted by atomic mass is 9.35. The Labute approximate surface area is 196 Å². The van der Waals surface area contributed by atoms with Gasteiger partial charge in [0.2, 0.25) is 0 Å². The minimum atomic E-state index is -0.633. The van der Waals surface area contributed by atoms with E-state index in [2.05, 4.69) is 16.3 Å². The van der Waals surface area contributed by atoms with Gasteiger partial charge in [-0.1, -0.05) is 29.4 Å². The molecule has 3 aliphatic carbocycles. The molecule has 4 N–H and O–H groups in total. The fourth-order valence-corrected chi connectivity index (χ4v) is 5.38. The van der Waals surface area contributed by atoms with Crippen molar-refractivity contribution < 1.29 is 14.1 Å². The number of primary amides is 1. The number of rotatable bonds is 8. The average Bonchev–Trinajstić information content (AvgIpc) is 3.31. The largest absolute Gasteiger partial charge is 0.383 e. The first-order valence-corrected chi connectivity index (χ1v) is 11.3. The van der Waals surface area contributed by atoms with Gasteiger partial charge in [0, 0.05) is 29.5 Å². The number of hydrogen-bond acceptors (Lipinski definition) is 7. The Balaban J connectivity index is 1.25. The summed E-state index contributed by atoms with van der Waals surface area (Å²) in [6.45, 7) is 3.84. The molecule has 6 rings (SSSR count). The topological polar surface area (TPSA) is 154 Å². The van der Waals surface area contributed by atoms with E-state index < -0.39 is 5.91 Å². The van der Waals surface area contributed by atoms with E-state index in [9.17, 15) is 14.9 Å². The number of amides is 1. The van der Waals surface area contributed by atoms with Gasteiger partial charge in [-0.3, -0.25) is 9.59 Å². The van der Waals surface area contributed by atoms with Crippen LogP contribution in [0, 0.1) is 16.7 Å². The molecule has 34 heavy (non-hydrogen) atoms. The third kappa shape index (κ3) is 3.37. The molecule has 0 radical (unpaired) electrons. The summed E-state index contributed by atoms with van der Waals surface area (Å²) in [5.74, 6) is 0.164. The quantitative estimate of drug-likeness (QED) is 0.525. The van der Waals surface area contributed by atoms with Gasteiger partial charge in [-0.05, 0) is 38.7 Å². The van der Waals surface area contributed by atoms with Gasteiger partial charge in [0.15, 0.2) is 0 Å². The summed E-state index contributed by atoms with van der Waals surface area (Å²) in [5, 5.41) is 17.8. The molecule has 0 unspecified atom stereocenters. The summed E-state index contributed by atoms with van der Waals surface area (Å²) in [6, 6.07) is 11.5. The number of nitriles is 1.